The quantitative estimate of drug-likeness (QED) is 0.607. The third kappa shape index (κ3) is 4.91. The molecule has 0 fully saturated rings. The molecule has 0 bridgehead atoms. The summed E-state index contributed by atoms with van der Waals surface area (Å²) in [7, 11) is 3.10. The average molecular weight is 265 g/mol. The van der Waals surface area contributed by atoms with Gasteiger partial charge in [0.2, 0.25) is 0 Å². The van der Waals surface area contributed by atoms with Crippen LogP contribution in [0.3, 0.4) is 0 Å². The molecule has 4 heteroatoms. The minimum Gasteiger partial charge on any atom is -0.496 e. The van der Waals surface area contributed by atoms with Gasteiger partial charge in [0.25, 0.3) is 0 Å². The predicted molar refractivity (Wildman–Crippen MR) is 75.4 cm³/mol. The molecule has 0 aliphatic heterocycles. The first-order valence-corrected chi connectivity index (χ1v) is 6.50. The van der Waals surface area contributed by atoms with Crippen molar-refractivity contribution in [1.29, 1.82) is 0 Å². The Morgan fingerprint density at radius 1 is 1.21 bits per heavy atom. The Morgan fingerprint density at radius 3 is 2.53 bits per heavy atom. The molecular weight excluding hydrogens is 242 g/mol. The van der Waals surface area contributed by atoms with E-state index in [0.29, 0.717) is 6.42 Å². The Morgan fingerprint density at radius 2 is 1.89 bits per heavy atom. The number of benzene rings is 1. The van der Waals surface area contributed by atoms with Gasteiger partial charge in [-0.2, -0.15) is 0 Å². The summed E-state index contributed by atoms with van der Waals surface area (Å²) in [6.45, 7) is 5.69. The zero-order valence-corrected chi connectivity index (χ0v) is 12.2. The first-order chi connectivity index (χ1) is 9.08. The molecule has 0 atom stereocenters. The smallest absolute Gasteiger partial charge is 0.305 e. The van der Waals surface area contributed by atoms with Crippen molar-refractivity contribution < 1.29 is 14.3 Å². The Labute approximate surface area is 115 Å². The molecular formula is C15H23NO3. The van der Waals surface area contributed by atoms with E-state index < -0.39 is 0 Å². The van der Waals surface area contributed by atoms with Crippen LogP contribution in [0.1, 0.15) is 29.5 Å². The maximum Gasteiger partial charge on any atom is 0.305 e. The molecule has 4 nitrogen and oxygen atoms in total. The lowest BCUT2D eigenvalue weighted by Gasteiger charge is -2.12. The summed E-state index contributed by atoms with van der Waals surface area (Å²) in [5, 5.41) is 3.31. The van der Waals surface area contributed by atoms with Gasteiger partial charge in [-0.25, -0.2) is 0 Å². The first kappa shape index (κ1) is 15.5. The van der Waals surface area contributed by atoms with Crippen LogP contribution in [0.4, 0.5) is 0 Å². The van der Waals surface area contributed by atoms with Crippen LogP contribution in [0.25, 0.3) is 0 Å². The Balaban J connectivity index is 2.44. The van der Waals surface area contributed by atoms with E-state index in [1.54, 1.807) is 7.11 Å². The molecule has 0 saturated heterocycles. The van der Waals surface area contributed by atoms with Gasteiger partial charge >= 0.3 is 5.97 Å². The van der Waals surface area contributed by atoms with Crippen molar-refractivity contribution in [3.63, 3.8) is 0 Å². The topological polar surface area (TPSA) is 47.6 Å². The van der Waals surface area contributed by atoms with E-state index in [1.807, 2.05) is 0 Å². The lowest BCUT2D eigenvalue weighted by molar-refractivity contribution is -0.140. The highest BCUT2D eigenvalue weighted by molar-refractivity contribution is 5.69. The molecule has 1 aromatic carbocycles. The van der Waals surface area contributed by atoms with Crippen LogP contribution in [-0.4, -0.2) is 26.7 Å². The fourth-order valence-electron chi connectivity index (χ4n) is 1.86. The van der Waals surface area contributed by atoms with Gasteiger partial charge in [-0.3, -0.25) is 4.79 Å². The number of rotatable bonds is 7. The third-order valence-electron chi connectivity index (χ3n) is 3.17. The van der Waals surface area contributed by atoms with Crippen LogP contribution >= 0.6 is 0 Å². The summed E-state index contributed by atoms with van der Waals surface area (Å²) in [6.07, 6.45) is 1.23. The second-order valence-electron chi connectivity index (χ2n) is 4.60. The summed E-state index contributed by atoms with van der Waals surface area (Å²) in [5.74, 6) is 0.745. The van der Waals surface area contributed by atoms with Gasteiger partial charge in [-0.05, 0) is 44.0 Å². The van der Waals surface area contributed by atoms with Crippen molar-refractivity contribution in [2.75, 3.05) is 20.8 Å². The van der Waals surface area contributed by atoms with E-state index in [-0.39, 0.29) is 5.97 Å². The number of nitrogens with one attached hydrogen (secondary N) is 1. The molecule has 1 N–H and O–H groups in total. The van der Waals surface area contributed by atoms with Crippen LogP contribution in [-0.2, 0) is 16.1 Å². The van der Waals surface area contributed by atoms with Crippen LogP contribution in [0, 0.1) is 13.8 Å². The molecule has 1 rings (SSSR count). The molecule has 0 aromatic heterocycles. The molecule has 106 valence electrons. The second kappa shape index (κ2) is 7.79. The highest BCUT2D eigenvalue weighted by Crippen LogP contribution is 2.22. The highest BCUT2D eigenvalue weighted by atomic mass is 16.5. The van der Waals surface area contributed by atoms with Gasteiger partial charge < -0.3 is 14.8 Å². The second-order valence-corrected chi connectivity index (χ2v) is 4.60. The zero-order valence-electron chi connectivity index (χ0n) is 12.2. The molecule has 0 unspecified atom stereocenters. The van der Waals surface area contributed by atoms with Gasteiger partial charge in [0.1, 0.15) is 5.75 Å². The predicted octanol–water partition coefficient (Wildman–Crippen LogP) is 2.35. The minimum atomic E-state index is -0.162. The Bertz CT molecular complexity index is 430. The molecule has 0 heterocycles. The zero-order chi connectivity index (χ0) is 14.3. The average Bonchev–Trinajstić information content (AvgIpc) is 2.41. The van der Waals surface area contributed by atoms with Crippen LogP contribution in [0.15, 0.2) is 12.1 Å². The number of carbonyl (C=O) groups is 1. The molecule has 19 heavy (non-hydrogen) atoms. The number of aryl methyl sites for hydroxylation is 2. The van der Waals surface area contributed by atoms with Crippen molar-refractivity contribution in [1.82, 2.24) is 5.32 Å². The fourth-order valence-corrected chi connectivity index (χ4v) is 1.86. The van der Waals surface area contributed by atoms with Gasteiger partial charge in [0, 0.05) is 18.5 Å². The van der Waals surface area contributed by atoms with Crippen LogP contribution in [0.2, 0.25) is 0 Å². The van der Waals surface area contributed by atoms with E-state index in [4.69, 9.17) is 4.74 Å². The Hall–Kier alpha value is -1.55. The van der Waals surface area contributed by atoms with E-state index in [9.17, 15) is 4.79 Å². The lowest BCUT2D eigenvalue weighted by Crippen LogP contribution is -2.16. The number of hydrogen-bond acceptors (Lipinski definition) is 4. The number of methoxy groups -OCH3 is 2. The van der Waals surface area contributed by atoms with Gasteiger partial charge in [-0.15, -0.1) is 0 Å². The number of esters is 1. The molecule has 1 aromatic rings. The molecule has 0 amide bonds. The van der Waals surface area contributed by atoms with Crippen molar-refractivity contribution in [2.24, 2.45) is 0 Å². The van der Waals surface area contributed by atoms with E-state index in [1.165, 1.54) is 18.2 Å². The summed E-state index contributed by atoms with van der Waals surface area (Å²) in [6, 6.07) is 4.20. The monoisotopic (exact) mass is 265 g/mol. The molecule has 0 aliphatic rings. The normalized spacial score (nSPS) is 10.3. The summed E-state index contributed by atoms with van der Waals surface area (Å²) in [5.41, 5.74) is 3.63. The number of hydrogen-bond donors (Lipinski definition) is 1. The Kier molecular flexibility index (Phi) is 6.36. The van der Waals surface area contributed by atoms with Crippen molar-refractivity contribution in [3.8, 4) is 5.75 Å². The summed E-state index contributed by atoms with van der Waals surface area (Å²) in [4.78, 5) is 11.0. The van der Waals surface area contributed by atoms with Gasteiger partial charge in [0.05, 0.1) is 14.2 Å². The van der Waals surface area contributed by atoms with Crippen molar-refractivity contribution >= 4 is 5.97 Å². The first-order valence-electron chi connectivity index (χ1n) is 6.50. The lowest BCUT2D eigenvalue weighted by atomic mass is 10.0. The van der Waals surface area contributed by atoms with Crippen LogP contribution < -0.4 is 10.1 Å². The summed E-state index contributed by atoms with van der Waals surface area (Å²) >= 11 is 0. The van der Waals surface area contributed by atoms with Gasteiger partial charge in [-0.1, -0.05) is 6.07 Å². The SMILES string of the molecule is COC(=O)CCCNCc1cc(C)c(C)cc1OC. The largest absolute Gasteiger partial charge is 0.496 e. The molecule has 0 spiro atoms. The van der Waals surface area contributed by atoms with Gasteiger partial charge in [0.15, 0.2) is 0 Å². The molecule has 0 saturated carbocycles. The van der Waals surface area contributed by atoms with E-state index in [0.717, 1.165) is 30.8 Å². The highest BCUT2D eigenvalue weighted by Gasteiger charge is 2.06. The summed E-state index contributed by atoms with van der Waals surface area (Å²) < 4.78 is 9.97. The molecule has 0 radical (unpaired) electrons. The maximum atomic E-state index is 11.0. The van der Waals surface area contributed by atoms with Crippen LogP contribution in [0.5, 0.6) is 5.75 Å². The number of carbonyl (C=O) groups excluding carboxylic acids is 1. The number of ether oxygens (including phenoxy) is 2. The van der Waals surface area contributed by atoms with E-state index >= 15 is 0 Å². The molecule has 0 aliphatic carbocycles. The standard InChI is InChI=1S/C15H23NO3/c1-11-8-13(14(18-3)9-12(11)2)10-16-7-5-6-15(17)19-4/h8-9,16H,5-7,10H2,1-4H3. The third-order valence-corrected chi connectivity index (χ3v) is 3.17. The van der Waals surface area contributed by atoms with E-state index in [2.05, 4.69) is 36.0 Å². The van der Waals surface area contributed by atoms with Crippen molar-refractivity contribution in [3.05, 3.63) is 28.8 Å². The minimum absolute atomic E-state index is 0.162. The van der Waals surface area contributed by atoms with Crippen molar-refractivity contribution in [2.45, 2.75) is 33.2 Å². The fraction of sp³-hybridized carbons (Fsp3) is 0.533. The maximum absolute atomic E-state index is 11.0.